The van der Waals surface area contributed by atoms with Gasteiger partial charge in [0.1, 0.15) is 0 Å². The fraction of sp³-hybridized carbons (Fsp3) is 0.550. The van der Waals surface area contributed by atoms with Crippen LogP contribution in [0.5, 0.6) is 0 Å². The van der Waals surface area contributed by atoms with E-state index in [1.54, 1.807) is 0 Å². The summed E-state index contributed by atoms with van der Waals surface area (Å²) in [6.07, 6.45) is 5.36. The number of nitrogens with zero attached hydrogens (tertiary/aromatic N) is 2. The number of fused-ring (bicyclic) bond motifs is 3. The smallest absolute Gasteiger partial charge is 0.319 e. The fourth-order valence-electron chi connectivity index (χ4n) is 4.70. The average molecular weight is 338 g/mol. The van der Waals surface area contributed by atoms with E-state index in [-0.39, 0.29) is 12.1 Å². The fourth-order valence-corrected chi connectivity index (χ4v) is 4.70. The van der Waals surface area contributed by atoms with Crippen LogP contribution in [0.1, 0.15) is 44.0 Å². The molecule has 2 saturated carbocycles. The molecule has 4 rings (SSSR count). The molecule has 1 heterocycles. The Morgan fingerprint density at radius 3 is 2.56 bits per heavy atom. The first-order valence-corrected chi connectivity index (χ1v) is 9.32. The monoisotopic (exact) mass is 338 g/mol. The number of aromatic nitrogens is 2. The van der Waals surface area contributed by atoms with E-state index >= 15 is 0 Å². The van der Waals surface area contributed by atoms with Gasteiger partial charge in [-0.1, -0.05) is 6.42 Å². The van der Waals surface area contributed by atoms with Crippen molar-refractivity contribution in [3.05, 3.63) is 29.6 Å². The highest BCUT2D eigenvalue weighted by Crippen LogP contribution is 2.49. The lowest BCUT2D eigenvalue weighted by Gasteiger charge is -2.28. The van der Waals surface area contributed by atoms with E-state index in [0.29, 0.717) is 5.92 Å². The number of amides is 2. The van der Waals surface area contributed by atoms with Crippen LogP contribution in [-0.4, -0.2) is 22.0 Å². The number of carbonyl (C=O) groups is 1. The maximum Gasteiger partial charge on any atom is 0.319 e. The Morgan fingerprint density at radius 1 is 1.12 bits per heavy atom. The number of hydrogen-bond acceptors (Lipinski definition) is 3. The summed E-state index contributed by atoms with van der Waals surface area (Å²) in [5.41, 5.74) is 4.26. The molecule has 2 amide bonds. The largest absolute Gasteiger partial charge is 0.335 e. The summed E-state index contributed by atoms with van der Waals surface area (Å²) in [4.78, 5) is 21.5. The zero-order valence-corrected chi connectivity index (χ0v) is 15.2. The lowest BCUT2D eigenvalue weighted by atomic mass is 9.84. The number of aryl methyl sites for hydroxylation is 2. The summed E-state index contributed by atoms with van der Waals surface area (Å²) in [5, 5.41) is 6.09. The molecule has 0 radical (unpaired) electrons. The molecule has 5 nitrogen and oxygen atoms in total. The molecule has 4 atom stereocenters. The van der Waals surface area contributed by atoms with Crippen LogP contribution >= 0.6 is 0 Å². The number of urea groups is 1. The van der Waals surface area contributed by atoms with Crippen LogP contribution in [0.25, 0.3) is 11.0 Å². The molecule has 1 aromatic heterocycles. The summed E-state index contributed by atoms with van der Waals surface area (Å²) in [6.45, 7) is 6.05. The van der Waals surface area contributed by atoms with Gasteiger partial charge in [-0.25, -0.2) is 14.8 Å². The van der Waals surface area contributed by atoms with Crippen molar-refractivity contribution in [1.29, 1.82) is 0 Å². The summed E-state index contributed by atoms with van der Waals surface area (Å²) in [6, 6.07) is 5.76. The molecule has 0 aliphatic heterocycles. The summed E-state index contributed by atoms with van der Waals surface area (Å²) < 4.78 is 0. The molecular formula is C20H26N4O. The van der Waals surface area contributed by atoms with E-state index in [0.717, 1.165) is 39.9 Å². The van der Waals surface area contributed by atoms with Gasteiger partial charge in [0.05, 0.1) is 22.4 Å². The van der Waals surface area contributed by atoms with Crippen LogP contribution in [-0.2, 0) is 0 Å². The van der Waals surface area contributed by atoms with Crippen molar-refractivity contribution in [2.24, 2.45) is 17.8 Å². The Hall–Kier alpha value is -2.17. The van der Waals surface area contributed by atoms with Crippen LogP contribution in [0.15, 0.2) is 18.2 Å². The molecule has 25 heavy (non-hydrogen) atoms. The van der Waals surface area contributed by atoms with E-state index < -0.39 is 0 Å². The van der Waals surface area contributed by atoms with Crippen LogP contribution in [0.3, 0.4) is 0 Å². The average Bonchev–Trinajstić information content (AvgIpc) is 3.19. The highest BCUT2D eigenvalue weighted by atomic mass is 16.2. The van der Waals surface area contributed by atoms with Gasteiger partial charge < -0.3 is 10.6 Å². The third-order valence-corrected chi connectivity index (χ3v) is 6.13. The maximum absolute atomic E-state index is 12.4. The second kappa shape index (κ2) is 6.28. The van der Waals surface area contributed by atoms with Gasteiger partial charge in [0.15, 0.2) is 0 Å². The first kappa shape index (κ1) is 16.3. The molecule has 5 heteroatoms. The minimum absolute atomic E-state index is 0.133. The van der Waals surface area contributed by atoms with E-state index in [4.69, 9.17) is 0 Å². The molecule has 2 aromatic rings. The van der Waals surface area contributed by atoms with E-state index in [9.17, 15) is 4.79 Å². The molecule has 0 spiro atoms. The van der Waals surface area contributed by atoms with Crippen molar-refractivity contribution in [3.8, 4) is 0 Å². The Kier molecular flexibility index (Phi) is 4.10. The number of benzene rings is 1. The highest BCUT2D eigenvalue weighted by molar-refractivity contribution is 5.92. The molecular weight excluding hydrogens is 312 g/mol. The molecule has 2 N–H and O–H groups in total. The van der Waals surface area contributed by atoms with Gasteiger partial charge in [0.25, 0.3) is 0 Å². The Labute approximate surface area is 148 Å². The predicted molar refractivity (Wildman–Crippen MR) is 99.6 cm³/mol. The number of nitrogens with one attached hydrogen (secondary N) is 2. The summed E-state index contributed by atoms with van der Waals surface area (Å²) >= 11 is 0. The molecule has 1 aromatic carbocycles. The zero-order valence-electron chi connectivity index (χ0n) is 15.2. The van der Waals surface area contributed by atoms with Gasteiger partial charge in [0.2, 0.25) is 0 Å². The SMILES string of the molecule is Cc1nc2ccc(NC(=O)NC(C)C3CC4CCC3C4)cc2nc1C. The minimum Gasteiger partial charge on any atom is -0.335 e. The van der Waals surface area contributed by atoms with Crippen molar-refractivity contribution in [2.45, 2.75) is 52.5 Å². The second-order valence-corrected chi connectivity index (χ2v) is 7.82. The maximum atomic E-state index is 12.4. The number of hydrogen-bond donors (Lipinski definition) is 2. The third kappa shape index (κ3) is 3.20. The standard InChI is InChI=1S/C20H26N4O/c1-11-12(2)22-19-10-16(6-7-18(19)21-11)24-20(25)23-13(3)17-9-14-4-5-15(17)8-14/h6-7,10,13-15,17H,4-5,8-9H2,1-3H3,(H2,23,24,25). The Balaban J connectivity index is 1.42. The van der Waals surface area contributed by atoms with Crippen LogP contribution in [0, 0.1) is 31.6 Å². The van der Waals surface area contributed by atoms with Gasteiger partial charge in [-0.3, -0.25) is 0 Å². The Morgan fingerprint density at radius 2 is 1.88 bits per heavy atom. The number of carbonyl (C=O) groups excluding carboxylic acids is 1. The van der Waals surface area contributed by atoms with Gasteiger partial charge >= 0.3 is 6.03 Å². The first-order chi connectivity index (χ1) is 12.0. The minimum atomic E-state index is -0.133. The summed E-state index contributed by atoms with van der Waals surface area (Å²) in [5.74, 6) is 2.34. The van der Waals surface area contributed by atoms with Crippen LogP contribution < -0.4 is 10.6 Å². The first-order valence-electron chi connectivity index (χ1n) is 9.32. The van der Waals surface area contributed by atoms with Gasteiger partial charge in [0, 0.05) is 11.7 Å². The van der Waals surface area contributed by atoms with Crippen LogP contribution in [0.2, 0.25) is 0 Å². The highest BCUT2D eigenvalue weighted by Gasteiger charge is 2.42. The summed E-state index contributed by atoms with van der Waals surface area (Å²) in [7, 11) is 0. The van der Waals surface area contributed by atoms with E-state index in [2.05, 4.69) is 27.5 Å². The van der Waals surface area contributed by atoms with E-state index in [1.165, 1.54) is 25.7 Å². The normalized spacial score (nSPS) is 26.0. The van der Waals surface area contributed by atoms with Crippen molar-refractivity contribution >= 4 is 22.8 Å². The Bertz CT molecular complexity index is 819. The predicted octanol–water partition coefficient (Wildman–Crippen LogP) is 4.19. The van der Waals surface area contributed by atoms with Gasteiger partial charge in [-0.15, -0.1) is 0 Å². The molecule has 2 bridgehead atoms. The van der Waals surface area contributed by atoms with Gasteiger partial charge in [-0.05, 0) is 76.0 Å². The van der Waals surface area contributed by atoms with Crippen molar-refractivity contribution in [1.82, 2.24) is 15.3 Å². The zero-order chi connectivity index (χ0) is 17.6. The number of rotatable bonds is 3. The molecule has 2 fully saturated rings. The lowest BCUT2D eigenvalue weighted by molar-refractivity contribution is 0.230. The molecule has 2 aliphatic carbocycles. The second-order valence-electron chi connectivity index (χ2n) is 7.82. The van der Waals surface area contributed by atoms with Gasteiger partial charge in [-0.2, -0.15) is 0 Å². The quantitative estimate of drug-likeness (QED) is 0.881. The van der Waals surface area contributed by atoms with Crippen molar-refractivity contribution in [3.63, 3.8) is 0 Å². The molecule has 0 saturated heterocycles. The third-order valence-electron chi connectivity index (χ3n) is 6.13. The van der Waals surface area contributed by atoms with Crippen molar-refractivity contribution < 1.29 is 4.79 Å². The molecule has 2 aliphatic rings. The molecule has 4 unspecified atom stereocenters. The lowest BCUT2D eigenvalue weighted by Crippen LogP contribution is -2.42. The van der Waals surface area contributed by atoms with Crippen LogP contribution in [0.4, 0.5) is 10.5 Å². The topological polar surface area (TPSA) is 66.9 Å². The van der Waals surface area contributed by atoms with Crippen molar-refractivity contribution in [2.75, 3.05) is 5.32 Å². The van der Waals surface area contributed by atoms with E-state index in [1.807, 2.05) is 32.0 Å². The number of anilines is 1. The molecule has 132 valence electrons.